The average Bonchev–Trinajstić information content (AvgIpc) is 1.07. The second-order valence-electron chi connectivity index (χ2n) is 25.8. The van der Waals surface area contributed by atoms with Crippen LogP contribution in [0.4, 0.5) is 5.69 Å². The number of aliphatic hydroxyl groups excluding tert-OH is 1. The molecule has 0 saturated carbocycles. The molecule has 0 radical (unpaired) electrons. The maximum Gasteiger partial charge on any atom is 0.254 e. The molecule has 2 aliphatic heterocycles. The van der Waals surface area contributed by atoms with Crippen molar-refractivity contribution in [1.29, 1.82) is 0 Å². The molecule has 21 nitrogen and oxygen atoms in total. The molecule has 1 aromatic heterocycles. The summed E-state index contributed by atoms with van der Waals surface area (Å²) in [6.45, 7) is 17.3. The molecule has 3 aliphatic rings. The van der Waals surface area contributed by atoms with E-state index >= 15 is 0 Å². The number of carbonyl (C=O) groups is 7. The Balaban J connectivity index is 0.693. The van der Waals surface area contributed by atoms with E-state index in [-0.39, 0.29) is 86.3 Å². The largest absolute Gasteiger partial charge is 0.508 e. The molecule has 6 N–H and O–H groups in total. The smallest absolute Gasteiger partial charge is 0.254 e. The van der Waals surface area contributed by atoms with E-state index in [0.29, 0.717) is 85.5 Å². The Labute approximate surface area is 589 Å². The molecule has 7 aromatic rings. The average molecular weight is 1370 g/mol. The Morgan fingerprint density at radius 3 is 2.06 bits per heavy atom. The Morgan fingerprint density at radius 2 is 1.34 bits per heavy atom. The van der Waals surface area contributed by atoms with Crippen LogP contribution in [0, 0.1) is 13.8 Å². The molecule has 1 aliphatic carbocycles. The van der Waals surface area contributed by atoms with Crippen molar-refractivity contribution in [2.75, 3.05) is 63.8 Å². The Hall–Kier alpha value is -10.8. The lowest BCUT2D eigenvalue weighted by atomic mass is 9.90. The Kier molecular flexibility index (Phi) is 25.1. The van der Waals surface area contributed by atoms with Crippen LogP contribution in [0.1, 0.15) is 131 Å². The number of nitrogens with zero attached hydrogens (tertiary/aromatic N) is 7. The third-order valence-electron chi connectivity index (χ3n) is 18.8. The maximum atomic E-state index is 14.6. The van der Waals surface area contributed by atoms with Crippen LogP contribution in [0.25, 0.3) is 33.4 Å². The van der Waals surface area contributed by atoms with Crippen molar-refractivity contribution in [3.05, 3.63) is 219 Å². The van der Waals surface area contributed by atoms with Gasteiger partial charge in [-0.1, -0.05) is 114 Å². The lowest BCUT2D eigenvalue weighted by molar-refractivity contribution is -0.134. The number of phenols is 1. The summed E-state index contributed by atoms with van der Waals surface area (Å²) in [5, 5.41) is 43.6. The van der Waals surface area contributed by atoms with Crippen molar-refractivity contribution in [1.82, 2.24) is 50.6 Å². The van der Waals surface area contributed by atoms with Crippen molar-refractivity contribution < 1.29 is 48.2 Å². The monoisotopic (exact) mass is 1370 g/mol. The third-order valence-corrected chi connectivity index (χ3v) is 18.8. The number of aromatic nitrogens is 3. The summed E-state index contributed by atoms with van der Waals surface area (Å²) in [7, 11) is 0. The van der Waals surface area contributed by atoms with E-state index in [9.17, 15) is 43.8 Å². The molecular weight excluding hydrogens is 1270 g/mol. The molecule has 1 unspecified atom stereocenters. The van der Waals surface area contributed by atoms with Gasteiger partial charge in [0.25, 0.3) is 11.8 Å². The fraction of sp³-hybridized carbons (Fsp3) is 0.350. The fourth-order valence-electron chi connectivity index (χ4n) is 13.1. The first kappa shape index (κ1) is 72.9. The highest BCUT2D eigenvalue weighted by Crippen LogP contribution is 2.42. The van der Waals surface area contributed by atoms with Gasteiger partial charge in [-0.2, -0.15) is 0 Å². The first-order valence-corrected chi connectivity index (χ1v) is 35.2. The standard InChI is InChI=1S/C80H91N11O10/c1-7-87(8-2)60-31-36-66-71(48-60)101-72-49-61(88(9-3)10-4)32-37-67(72)76(66)64-21-16-17-22-65(64)80(100)90-43-41-89(42-44-90)75(96)39-38-73(94)81-40-18-12-15-23-74(95)83-69(47-55-25-29-58(30-26-55)77(97)57-19-13-11-14-20-57)79(99)82-50-59-51-91(86-85-59)52-70(93)68(46-56-27-33-62(92)34-28-56)84-78(98)63-35-24-53(5)45-54(63)6/h11,13-14,16-17,19-22,24-37,45,48-49,51,68-70,93H,7-10,12,15,18,23,38-44,46-47,50,52H2,1-6H3,(H4-,81,82,83,84,92,94,95,98,99)/p+1/t68-,69-,70?/m0/s1. The predicted molar refractivity (Wildman–Crippen MR) is 390 cm³/mol. The van der Waals surface area contributed by atoms with E-state index in [2.05, 4.69) is 105 Å². The molecule has 6 amide bonds. The summed E-state index contributed by atoms with van der Waals surface area (Å²) in [5.74, 6) is -1.09. The number of hydrogen-bond donors (Lipinski definition) is 6. The Morgan fingerprint density at radius 1 is 0.644 bits per heavy atom. The zero-order valence-electron chi connectivity index (χ0n) is 58.5. The van der Waals surface area contributed by atoms with Crippen molar-refractivity contribution >= 4 is 57.9 Å². The summed E-state index contributed by atoms with van der Waals surface area (Å²) < 4.78 is 10.4. The zero-order chi connectivity index (χ0) is 71.5. The predicted octanol–water partition coefficient (Wildman–Crippen LogP) is 9.20. The van der Waals surface area contributed by atoms with Gasteiger partial charge in [-0.05, 0) is 126 Å². The van der Waals surface area contributed by atoms with Gasteiger partial charge in [0.15, 0.2) is 5.78 Å². The number of unbranched alkanes of at least 4 members (excludes halogenated alkanes) is 2. The molecule has 10 rings (SSSR count). The van der Waals surface area contributed by atoms with Crippen LogP contribution in [0.15, 0.2) is 168 Å². The number of carbonyl (C=O) groups excluding carboxylic acids is 7. The molecule has 0 bridgehead atoms. The van der Waals surface area contributed by atoms with Gasteiger partial charge in [0.05, 0.1) is 37.5 Å². The number of anilines is 1. The molecule has 101 heavy (non-hydrogen) atoms. The van der Waals surface area contributed by atoms with E-state index in [1.54, 1.807) is 82.7 Å². The highest BCUT2D eigenvalue weighted by molar-refractivity contribution is 6.10. The van der Waals surface area contributed by atoms with Crippen molar-refractivity contribution in [2.24, 2.45) is 0 Å². The molecule has 526 valence electrons. The summed E-state index contributed by atoms with van der Waals surface area (Å²) >= 11 is 0. The number of phenolic OH excluding ortho intramolecular Hbond substituents is 1. The minimum Gasteiger partial charge on any atom is -0.508 e. The summed E-state index contributed by atoms with van der Waals surface area (Å²) in [4.78, 5) is 101. The van der Waals surface area contributed by atoms with E-state index < -0.39 is 24.1 Å². The quantitative estimate of drug-likeness (QED) is 0.0103. The number of aryl methyl sites for hydroxylation is 2. The molecule has 21 heteroatoms. The fourth-order valence-corrected chi connectivity index (χ4v) is 13.1. The molecule has 1 fully saturated rings. The summed E-state index contributed by atoms with van der Waals surface area (Å²) in [5.41, 5.74) is 10.1. The van der Waals surface area contributed by atoms with Gasteiger partial charge in [-0.15, -0.1) is 5.10 Å². The van der Waals surface area contributed by atoms with Crippen LogP contribution < -0.4 is 36.1 Å². The number of rotatable bonds is 31. The number of piperazine rings is 1. The highest BCUT2D eigenvalue weighted by Gasteiger charge is 2.30. The van der Waals surface area contributed by atoms with Gasteiger partial charge >= 0.3 is 0 Å². The first-order valence-electron chi connectivity index (χ1n) is 35.2. The van der Waals surface area contributed by atoms with E-state index in [0.717, 1.165) is 87.3 Å². The Bertz CT molecular complexity index is 4420. The van der Waals surface area contributed by atoms with Gasteiger partial charge in [0, 0.05) is 128 Å². The van der Waals surface area contributed by atoms with E-state index in [1.165, 1.54) is 16.8 Å². The molecular formula is C80H92N11O10+. The minimum atomic E-state index is -1.14. The highest BCUT2D eigenvalue weighted by atomic mass is 16.3. The number of nitrogens with one attached hydrogen (secondary N) is 4. The summed E-state index contributed by atoms with van der Waals surface area (Å²) in [6.07, 6.45) is 2.55. The number of ketones is 1. The van der Waals surface area contributed by atoms with Crippen LogP contribution in [-0.4, -0.2) is 153 Å². The van der Waals surface area contributed by atoms with Crippen LogP contribution in [-0.2, 0) is 45.1 Å². The molecule has 6 aromatic carbocycles. The van der Waals surface area contributed by atoms with Crippen LogP contribution in [0.5, 0.6) is 5.75 Å². The number of amides is 6. The van der Waals surface area contributed by atoms with E-state index in [1.807, 2.05) is 56.3 Å². The maximum absolute atomic E-state index is 14.6. The van der Waals surface area contributed by atoms with Crippen molar-refractivity contribution in [3.8, 4) is 28.2 Å². The van der Waals surface area contributed by atoms with Gasteiger partial charge in [-0.25, -0.2) is 9.26 Å². The number of hydrogen-bond acceptors (Lipinski definition) is 13. The molecule has 3 atom stereocenters. The van der Waals surface area contributed by atoms with Gasteiger partial charge < -0.3 is 50.6 Å². The number of fused-ring (bicyclic) bond motifs is 2. The molecule has 1 saturated heterocycles. The van der Waals surface area contributed by atoms with Gasteiger partial charge in [-0.3, -0.25) is 33.6 Å². The zero-order valence-corrected chi connectivity index (χ0v) is 58.5. The topological polar surface area (TPSA) is 265 Å². The minimum absolute atomic E-state index is 0.00237. The van der Waals surface area contributed by atoms with Crippen molar-refractivity contribution in [2.45, 2.75) is 124 Å². The second kappa shape index (κ2) is 34.8. The lowest BCUT2D eigenvalue weighted by Crippen LogP contribution is -2.50. The van der Waals surface area contributed by atoms with Gasteiger partial charge in [0.2, 0.25) is 29.0 Å². The van der Waals surface area contributed by atoms with E-state index in [4.69, 9.17) is 4.42 Å². The van der Waals surface area contributed by atoms with Gasteiger partial charge in [0.1, 0.15) is 41.9 Å². The molecule has 0 spiro atoms. The number of aliphatic hydroxyl groups is 1. The number of benzene rings is 7. The number of aromatic hydroxyl groups is 1. The molecule has 3 heterocycles. The van der Waals surface area contributed by atoms with Crippen LogP contribution in [0.2, 0.25) is 0 Å². The van der Waals surface area contributed by atoms with Crippen LogP contribution >= 0.6 is 0 Å². The summed E-state index contributed by atoms with van der Waals surface area (Å²) in [6, 6.07) is 46.3. The first-order chi connectivity index (χ1) is 48.9. The van der Waals surface area contributed by atoms with Crippen LogP contribution in [0.3, 0.4) is 0 Å². The lowest BCUT2D eigenvalue weighted by Gasteiger charge is -2.35. The SMILES string of the molecule is CCN(CC)c1ccc2c(-c3ccccc3C(=O)N3CCN(C(=O)CCC(=O)NCCCCCC(=O)N[C@@H](Cc4ccc(C(=O)c5ccccc5)cc4)C(=O)NCc4cn(CC(O)[C@H](Cc5ccc(O)cc5)NC(=O)c5ccc(C)cc5C)nn4)CC3)c3ccc(=[N+](CC)CC)cc-3oc2c1. The third kappa shape index (κ3) is 18.9. The second-order valence-corrected chi connectivity index (χ2v) is 25.8. The van der Waals surface area contributed by atoms with Crippen molar-refractivity contribution in [3.63, 3.8) is 0 Å². The normalized spacial score (nSPS) is 13.1.